The van der Waals surface area contributed by atoms with E-state index in [2.05, 4.69) is 10.4 Å². The molecule has 0 saturated carbocycles. The first-order valence-corrected chi connectivity index (χ1v) is 6.24. The number of aliphatic hydroxyl groups is 1. The van der Waals surface area contributed by atoms with Gasteiger partial charge in [-0.1, -0.05) is 0 Å². The Kier molecular flexibility index (Phi) is 7.05. The summed E-state index contributed by atoms with van der Waals surface area (Å²) in [7, 11) is 0. The number of ether oxygens (including phenoxy) is 1. The summed E-state index contributed by atoms with van der Waals surface area (Å²) in [4.78, 5) is 11.1. The number of carbonyl (C=O) groups is 1. The average Bonchev–Trinajstić information content (AvgIpc) is 2.81. The Labute approximate surface area is 107 Å². The van der Waals surface area contributed by atoms with Crippen molar-refractivity contribution in [3.05, 3.63) is 18.5 Å². The van der Waals surface area contributed by atoms with E-state index in [0.29, 0.717) is 13.2 Å². The number of hydrogen-bond acceptors (Lipinski definition) is 5. The van der Waals surface area contributed by atoms with Gasteiger partial charge in [-0.15, -0.1) is 0 Å². The zero-order chi connectivity index (χ0) is 13.2. The summed E-state index contributed by atoms with van der Waals surface area (Å²) >= 11 is 0. The number of rotatable bonds is 9. The van der Waals surface area contributed by atoms with Crippen LogP contribution in [0, 0.1) is 0 Å². The molecule has 2 N–H and O–H groups in total. The molecule has 1 atom stereocenters. The fraction of sp³-hybridized carbons (Fsp3) is 0.667. The summed E-state index contributed by atoms with van der Waals surface area (Å²) in [5.41, 5.74) is 0. The summed E-state index contributed by atoms with van der Waals surface area (Å²) in [5, 5.41) is 16.7. The predicted molar refractivity (Wildman–Crippen MR) is 67.0 cm³/mol. The first-order valence-electron chi connectivity index (χ1n) is 6.24. The second kappa shape index (κ2) is 8.66. The molecule has 0 bridgehead atoms. The molecule has 0 aliphatic heterocycles. The van der Waals surface area contributed by atoms with Gasteiger partial charge in [0.2, 0.25) is 0 Å². The summed E-state index contributed by atoms with van der Waals surface area (Å²) in [5.74, 6) is -0.358. The predicted octanol–water partition coefficient (Wildman–Crippen LogP) is 0.177. The minimum absolute atomic E-state index is 0.0417. The number of aliphatic hydroxyl groups excluding tert-OH is 1. The van der Waals surface area contributed by atoms with Crippen LogP contribution in [0.15, 0.2) is 18.5 Å². The molecule has 0 radical (unpaired) electrons. The molecule has 1 unspecified atom stereocenters. The molecule has 1 aromatic heterocycles. The van der Waals surface area contributed by atoms with Crippen LogP contribution in [0.1, 0.15) is 19.8 Å². The first-order chi connectivity index (χ1) is 8.72. The Bertz CT molecular complexity index is 327. The van der Waals surface area contributed by atoms with Gasteiger partial charge >= 0.3 is 5.97 Å². The van der Waals surface area contributed by atoms with E-state index in [9.17, 15) is 9.90 Å². The number of aryl methyl sites for hydroxylation is 1. The van der Waals surface area contributed by atoms with Crippen molar-refractivity contribution in [2.24, 2.45) is 0 Å². The molecule has 0 aliphatic rings. The topological polar surface area (TPSA) is 76.4 Å². The maximum Gasteiger partial charge on any atom is 0.308 e. The SMILES string of the molecule is CCOC(=O)CC(O)CNCCCn1cccn1. The monoisotopic (exact) mass is 255 g/mol. The van der Waals surface area contributed by atoms with E-state index in [1.54, 1.807) is 13.1 Å². The highest BCUT2D eigenvalue weighted by molar-refractivity contribution is 5.69. The highest BCUT2D eigenvalue weighted by Crippen LogP contribution is 1.94. The highest BCUT2D eigenvalue weighted by Gasteiger charge is 2.10. The van der Waals surface area contributed by atoms with E-state index < -0.39 is 6.10 Å². The average molecular weight is 255 g/mol. The second-order valence-electron chi connectivity index (χ2n) is 3.99. The number of carbonyl (C=O) groups excluding carboxylic acids is 1. The van der Waals surface area contributed by atoms with Gasteiger partial charge in [0, 0.05) is 25.5 Å². The van der Waals surface area contributed by atoms with Crippen molar-refractivity contribution in [1.29, 1.82) is 0 Å². The third kappa shape index (κ3) is 6.36. The highest BCUT2D eigenvalue weighted by atomic mass is 16.5. The Hall–Kier alpha value is -1.40. The number of hydrogen-bond donors (Lipinski definition) is 2. The van der Waals surface area contributed by atoms with E-state index in [1.165, 1.54) is 0 Å². The normalized spacial score (nSPS) is 12.3. The lowest BCUT2D eigenvalue weighted by atomic mass is 10.2. The molecule has 0 amide bonds. The van der Waals surface area contributed by atoms with Gasteiger partial charge in [-0.25, -0.2) is 0 Å². The van der Waals surface area contributed by atoms with E-state index in [-0.39, 0.29) is 12.4 Å². The first kappa shape index (κ1) is 14.7. The maximum absolute atomic E-state index is 11.1. The van der Waals surface area contributed by atoms with Gasteiger partial charge in [0.15, 0.2) is 0 Å². The molecule has 0 aliphatic carbocycles. The minimum atomic E-state index is -0.686. The van der Waals surface area contributed by atoms with E-state index >= 15 is 0 Å². The van der Waals surface area contributed by atoms with Gasteiger partial charge in [-0.05, 0) is 26.0 Å². The minimum Gasteiger partial charge on any atom is -0.466 e. The second-order valence-corrected chi connectivity index (χ2v) is 3.99. The van der Waals surface area contributed by atoms with Crippen molar-refractivity contribution < 1.29 is 14.6 Å². The van der Waals surface area contributed by atoms with Crippen molar-refractivity contribution in [1.82, 2.24) is 15.1 Å². The van der Waals surface area contributed by atoms with Crippen LogP contribution in [-0.4, -0.2) is 46.7 Å². The van der Waals surface area contributed by atoms with Crippen LogP contribution in [-0.2, 0) is 16.1 Å². The standard InChI is InChI=1S/C12H21N3O3/c1-2-18-12(17)9-11(16)10-13-5-3-7-15-8-4-6-14-15/h4,6,8,11,13,16H,2-3,5,7,9-10H2,1H3. The lowest BCUT2D eigenvalue weighted by Gasteiger charge is -2.11. The van der Waals surface area contributed by atoms with Crippen LogP contribution < -0.4 is 5.32 Å². The summed E-state index contributed by atoms with van der Waals surface area (Å²) < 4.78 is 6.61. The summed E-state index contributed by atoms with van der Waals surface area (Å²) in [6, 6.07) is 1.89. The fourth-order valence-corrected chi connectivity index (χ4v) is 1.55. The van der Waals surface area contributed by atoms with Gasteiger partial charge in [-0.2, -0.15) is 5.10 Å². The molecule has 0 fully saturated rings. The Balaban J connectivity index is 1.98. The van der Waals surface area contributed by atoms with Gasteiger partial charge in [0.1, 0.15) is 0 Å². The van der Waals surface area contributed by atoms with Gasteiger partial charge in [0.05, 0.1) is 19.1 Å². The molecule has 0 spiro atoms. The number of esters is 1. The third-order valence-corrected chi connectivity index (χ3v) is 2.39. The van der Waals surface area contributed by atoms with Crippen LogP contribution in [0.3, 0.4) is 0 Å². The number of aromatic nitrogens is 2. The Morgan fingerprint density at radius 1 is 1.61 bits per heavy atom. The zero-order valence-electron chi connectivity index (χ0n) is 10.7. The van der Waals surface area contributed by atoms with E-state index in [1.807, 2.05) is 16.9 Å². The van der Waals surface area contributed by atoms with E-state index in [0.717, 1.165) is 19.5 Å². The van der Waals surface area contributed by atoms with Crippen molar-refractivity contribution in [2.75, 3.05) is 19.7 Å². The fourth-order valence-electron chi connectivity index (χ4n) is 1.55. The van der Waals surface area contributed by atoms with Crippen LogP contribution in [0.5, 0.6) is 0 Å². The quantitative estimate of drug-likeness (QED) is 0.486. The van der Waals surface area contributed by atoms with Crippen molar-refractivity contribution >= 4 is 5.97 Å². The number of nitrogens with zero attached hydrogens (tertiary/aromatic N) is 2. The molecule has 1 rings (SSSR count). The maximum atomic E-state index is 11.1. The van der Waals surface area contributed by atoms with Crippen molar-refractivity contribution in [2.45, 2.75) is 32.4 Å². The third-order valence-electron chi connectivity index (χ3n) is 2.39. The lowest BCUT2D eigenvalue weighted by molar-refractivity contribution is -0.145. The van der Waals surface area contributed by atoms with E-state index in [4.69, 9.17) is 4.74 Å². The van der Waals surface area contributed by atoms with Crippen LogP contribution in [0.4, 0.5) is 0 Å². The Morgan fingerprint density at radius 3 is 3.11 bits per heavy atom. The number of nitrogens with one attached hydrogen (secondary N) is 1. The van der Waals surface area contributed by atoms with Gasteiger partial charge < -0.3 is 15.2 Å². The molecule has 102 valence electrons. The molecule has 18 heavy (non-hydrogen) atoms. The van der Waals surface area contributed by atoms with Crippen LogP contribution >= 0.6 is 0 Å². The zero-order valence-corrected chi connectivity index (χ0v) is 10.7. The van der Waals surface area contributed by atoms with Crippen molar-refractivity contribution in [3.8, 4) is 0 Å². The van der Waals surface area contributed by atoms with Crippen molar-refractivity contribution in [3.63, 3.8) is 0 Å². The summed E-state index contributed by atoms with van der Waals surface area (Å²) in [6.07, 6.45) is 3.94. The molecule has 0 saturated heterocycles. The molecule has 1 heterocycles. The van der Waals surface area contributed by atoms with Crippen LogP contribution in [0.2, 0.25) is 0 Å². The molecule has 0 aromatic carbocycles. The Morgan fingerprint density at radius 2 is 2.44 bits per heavy atom. The van der Waals surface area contributed by atoms with Crippen LogP contribution in [0.25, 0.3) is 0 Å². The molecule has 6 nitrogen and oxygen atoms in total. The molecular weight excluding hydrogens is 234 g/mol. The summed E-state index contributed by atoms with van der Waals surface area (Å²) in [6.45, 7) is 4.12. The van der Waals surface area contributed by atoms with Gasteiger partial charge in [0.25, 0.3) is 0 Å². The largest absolute Gasteiger partial charge is 0.466 e. The molecule has 1 aromatic rings. The molecule has 6 heteroatoms. The lowest BCUT2D eigenvalue weighted by Crippen LogP contribution is -2.30. The van der Waals surface area contributed by atoms with Gasteiger partial charge in [-0.3, -0.25) is 9.48 Å². The molecular formula is C12H21N3O3. The smallest absolute Gasteiger partial charge is 0.308 e.